The molecule has 1 N–H and O–H groups in total. The largest absolute Gasteiger partial charge is 0.588 e. The third kappa shape index (κ3) is 3.54. The van der Waals surface area contributed by atoms with Crippen molar-refractivity contribution in [3.8, 4) is 0 Å². The Morgan fingerprint density at radius 1 is 1.70 bits per heavy atom. The molecule has 0 bridgehead atoms. The smallest absolute Gasteiger partial charge is 0.388 e. The molecule has 0 aromatic carbocycles. The Balaban J connectivity index is 3.98. The Morgan fingerprint density at radius 3 is 2.60 bits per heavy atom. The highest BCUT2D eigenvalue weighted by Gasteiger charge is 2.10. The third-order valence-corrected chi connectivity index (χ3v) is 1.46. The van der Waals surface area contributed by atoms with Crippen LogP contribution in [0.1, 0.15) is 13.8 Å². The van der Waals surface area contributed by atoms with Crippen LogP contribution < -0.4 is 10.2 Å². The average Bonchev–Trinajstić information content (AvgIpc) is 1.87. The summed E-state index contributed by atoms with van der Waals surface area (Å²) in [7, 11) is -2.54. The molecule has 0 radical (unpaired) electrons. The zero-order valence-electron chi connectivity index (χ0n) is 6.13. The van der Waals surface area contributed by atoms with Gasteiger partial charge in [0, 0.05) is 13.1 Å². The maximum Gasteiger partial charge on any atom is 0.388 e. The highest BCUT2D eigenvalue weighted by Crippen LogP contribution is 2.07. The van der Waals surface area contributed by atoms with Gasteiger partial charge in [-0.15, -0.1) is 0 Å². The molecule has 0 heterocycles. The summed E-state index contributed by atoms with van der Waals surface area (Å²) in [6, 6.07) is 0. The fraction of sp³-hybridized carbons (Fsp3) is 0.800. The molecule has 0 amide bonds. The fourth-order valence-corrected chi connectivity index (χ4v) is 1.03. The second-order valence-corrected chi connectivity index (χ2v) is 2.52. The number of nitrogens with one attached hydrogen (secondary N) is 1. The Hall–Kier alpha value is -0.470. The quantitative estimate of drug-likeness (QED) is 0.363. The topological polar surface area (TPSA) is 64.5 Å². The van der Waals surface area contributed by atoms with E-state index in [2.05, 4.69) is 10.3 Å². The first-order valence-corrected chi connectivity index (χ1v) is 4.32. The molecule has 0 spiro atoms. The molecule has 1 unspecified atom stereocenters. The summed E-state index contributed by atoms with van der Waals surface area (Å²) < 4.78 is 10.3. The van der Waals surface area contributed by atoms with Crippen LogP contribution in [0.3, 0.4) is 0 Å². The molecule has 4 nitrogen and oxygen atoms in total. The second-order valence-electron chi connectivity index (χ2n) is 1.59. The molecule has 0 fully saturated rings. The maximum absolute atomic E-state index is 10.3. The number of aliphatic imine (C=N–C) groups is 1. The molecular formula is C5H11N2O2P. The normalized spacial score (nSPS) is 13.1. The van der Waals surface area contributed by atoms with Crippen molar-refractivity contribution in [2.75, 3.05) is 13.1 Å². The summed E-state index contributed by atoms with van der Waals surface area (Å²) in [4.78, 5) is 14.0. The van der Waals surface area contributed by atoms with Gasteiger partial charge in [0.1, 0.15) is 0 Å². The highest BCUT2D eigenvalue weighted by molar-refractivity contribution is 7.57. The Morgan fingerprint density at radius 2 is 2.30 bits per heavy atom. The van der Waals surface area contributed by atoms with E-state index >= 15 is 0 Å². The van der Waals surface area contributed by atoms with Crippen molar-refractivity contribution in [3.63, 3.8) is 0 Å². The Bertz CT molecular complexity index is 147. The molecule has 58 valence electrons. The van der Waals surface area contributed by atoms with Gasteiger partial charge in [0.15, 0.2) is 0 Å². The van der Waals surface area contributed by atoms with Crippen molar-refractivity contribution in [1.82, 2.24) is 5.32 Å². The molecule has 0 saturated carbocycles. The zero-order chi connectivity index (χ0) is 7.98. The van der Waals surface area contributed by atoms with Crippen LogP contribution in [0.15, 0.2) is 4.99 Å². The first-order chi connectivity index (χ1) is 4.72. The molecule has 0 aliphatic carbocycles. The van der Waals surface area contributed by atoms with Crippen LogP contribution in [-0.2, 0) is 4.57 Å². The van der Waals surface area contributed by atoms with Gasteiger partial charge in [0.25, 0.3) is 0 Å². The SMILES string of the molecule is CCN=C(NCC)[P+](=O)[O-]. The molecule has 1 atom stereocenters. The van der Waals surface area contributed by atoms with Gasteiger partial charge in [-0.1, -0.05) is 4.57 Å². The Kier molecular flexibility index (Phi) is 5.08. The van der Waals surface area contributed by atoms with Crippen LogP contribution in [0, 0.1) is 0 Å². The van der Waals surface area contributed by atoms with Crippen molar-refractivity contribution in [1.29, 1.82) is 0 Å². The summed E-state index contributed by atoms with van der Waals surface area (Å²) >= 11 is 0. The molecule has 10 heavy (non-hydrogen) atoms. The van der Waals surface area contributed by atoms with Crippen molar-refractivity contribution < 1.29 is 9.46 Å². The van der Waals surface area contributed by atoms with Gasteiger partial charge >= 0.3 is 13.6 Å². The van der Waals surface area contributed by atoms with Crippen LogP contribution in [0.4, 0.5) is 0 Å². The minimum absolute atomic E-state index is 0.0833. The lowest BCUT2D eigenvalue weighted by molar-refractivity contribution is -0.159. The van der Waals surface area contributed by atoms with E-state index in [9.17, 15) is 9.46 Å². The molecule has 0 rings (SSSR count). The van der Waals surface area contributed by atoms with Crippen LogP contribution >= 0.6 is 8.03 Å². The molecule has 0 aromatic rings. The molecule has 0 aromatic heterocycles. The van der Waals surface area contributed by atoms with E-state index in [-0.39, 0.29) is 5.58 Å². The molecule has 0 aliphatic heterocycles. The lowest BCUT2D eigenvalue weighted by Crippen LogP contribution is -2.22. The van der Waals surface area contributed by atoms with Crippen molar-refractivity contribution in [2.24, 2.45) is 4.99 Å². The van der Waals surface area contributed by atoms with Crippen LogP contribution in [-0.4, -0.2) is 18.7 Å². The van der Waals surface area contributed by atoms with E-state index < -0.39 is 8.03 Å². The average molecular weight is 162 g/mol. The van der Waals surface area contributed by atoms with E-state index in [1.54, 1.807) is 6.92 Å². The van der Waals surface area contributed by atoms with E-state index in [1.165, 1.54) is 0 Å². The minimum atomic E-state index is -2.54. The van der Waals surface area contributed by atoms with Gasteiger partial charge in [-0.2, -0.15) is 0 Å². The van der Waals surface area contributed by atoms with Gasteiger partial charge in [0.05, 0.1) is 0 Å². The number of amidine groups is 1. The van der Waals surface area contributed by atoms with Gasteiger partial charge in [-0.3, -0.25) is 0 Å². The summed E-state index contributed by atoms with van der Waals surface area (Å²) in [5, 5.41) is 2.64. The van der Waals surface area contributed by atoms with Crippen LogP contribution in [0.5, 0.6) is 0 Å². The fourth-order valence-electron chi connectivity index (χ4n) is 0.486. The minimum Gasteiger partial charge on any atom is -0.588 e. The third-order valence-electron chi connectivity index (χ3n) is 0.816. The number of hydrogen-bond acceptors (Lipinski definition) is 3. The lowest BCUT2D eigenvalue weighted by Gasteiger charge is -1.95. The van der Waals surface area contributed by atoms with Crippen molar-refractivity contribution in [2.45, 2.75) is 13.8 Å². The zero-order valence-corrected chi connectivity index (χ0v) is 7.02. The summed E-state index contributed by atoms with van der Waals surface area (Å²) in [5.74, 6) is 0. The molecule has 0 saturated heterocycles. The lowest BCUT2D eigenvalue weighted by atomic mass is 10.7. The monoisotopic (exact) mass is 162 g/mol. The van der Waals surface area contributed by atoms with E-state index in [4.69, 9.17) is 0 Å². The van der Waals surface area contributed by atoms with Crippen molar-refractivity contribution in [3.05, 3.63) is 0 Å². The van der Waals surface area contributed by atoms with Crippen LogP contribution in [0.2, 0.25) is 0 Å². The summed E-state index contributed by atoms with van der Waals surface area (Å²) in [5.41, 5.74) is 0.0833. The summed E-state index contributed by atoms with van der Waals surface area (Å²) in [6.07, 6.45) is 0. The standard InChI is InChI=1S/C5H11N2O2P/c1-3-6-5(7-4-2)10(8)9/h3-4H2,1-2H3,(H,6,7). The second kappa shape index (κ2) is 5.33. The maximum atomic E-state index is 10.3. The van der Waals surface area contributed by atoms with Crippen LogP contribution in [0.25, 0.3) is 0 Å². The molecule has 5 heteroatoms. The molecular weight excluding hydrogens is 151 g/mol. The van der Waals surface area contributed by atoms with Crippen molar-refractivity contribution >= 4 is 13.6 Å². The Labute approximate surface area is 61.2 Å². The first-order valence-electron chi connectivity index (χ1n) is 3.15. The predicted octanol–water partition coefficient (Wildman–Crippen LogP) is 0.0745. The number of rotatable bonds is 3. The molecule has 0 aliphatic rings. The number of hydrogen-bond donors (Lipinski definition) is 1. The van der Waals surface area contributed by atoms with Gasteiger partial charge in [-0.25, -0.2) is 4.99 Å². The highest BCUT2D eigenvalue weighted by atomic mass is 31.1. The first kappa shape index (κ1) is 9.53. The number of nitrogens with zero attached hydrogens (tertiary/aromatic N) is 1. The van der Waals surface area contributed by atoms with Gasteiger partial charge in [0.2, 0.25) is 0 Å². The van der Waals surface area contributed by atoms with E-state index in [1.807, 2.05) is 6.92 Å². The van der Waals surface area contributed by atoms with Gasteiger partial charge < -0.3 is 10.2 Å². The van der Waals surface area contributed by atoms with E-state index in [0.717, 1.165) is 0 Å². The van der Waals surface area contributed by atoms with Gasteiger partial charge in [-0.05, 0) is 13.8 Å². The summed E-state index contributed by atoms with van der Waals surface area (Å²) in [6.45, 7) is 4.69. The predicted molar refractivity (Wildman–Crippen MR) is 39.3 cm³/mol. The van der Waals surface area contributed by atoms with E-state index in [0.29, 0.717) is 13.1 Å².